The molecule has 1 aliphatic heterocycles. The minimum absolute atomic E-state index is 0.0415. The van der Waals surface area contributed by atoms with Crippen LogP contribution >= 0.6 is 22.7 Å². The Labute approximate surface area is 178 Å². The Kier molecular flexibility index (Phi) is 4.89. The number of hydrazone groups is 1. The Morgan fingerprint density at radius 2 is 1.93 bits per heavy atom. The zero-order valence-corrected chi connectivity index (χ0v) is 17.7. The molecule has 29 heavy (non-hydrogen) atoms. The number of rotatable bonds is 3. The van der Waals surface area contributed by atoms with Gasteiger partial charge in [0.25, 0.3) is 5.91 Å². The molecule has 0 saturated heterocycles. The minimum Gasteiger partial charge on any atom is -0.267 e. The van der Waals surface area contributed by atoms with Gasteiger partial charge >= 0.3 is 0 Å². The van der Waals surface area contributed by atoms with E-state index in [4.69, 9.17) is 5.10 Å². The molecule has 3 atom stereocenters. The lowest BCUT2D eigenvalue weighted by molar-refractivity contribution is 0.0680. The molecule has 0 unspecified atom stereocenters. The molecule has 1 saturated carbocycles. The maximum Gasteiger partial charge on any atom is 0.274 e. The zero-order chi connectivity index (χ0) is 19.8. The smallest absolute Gasteiger partial charge is 0.267 e. The number of allylic oxidation sites excluding steroid dienone is 1. The number of carbonyl (C=O) groups excluding carboxylic acids is 1. The fraction of sp³-hybridized carbons (Fsp3) is 0.261. The quantitative estimate of drug-likeness (QED) is 0.531. The highest BCUT2D eigenvalue weighted by molar-refractivity contribution is 7.11. The van der Waals surface area contributed by atoms with Gasteiger partial charge in [0.1, 0.15) is 0 Å². The van der Waals surface area contributed by atoms with Gasteiger partial charge in [0.15, 0.2) is 0 Å². The minimum atomic E-state index is -0.0594. The van der Waals surface area contributed by atoms with Gasteiger partial charge in [0, 0.05) is 33.6 Å². The topological polar surface area (TPSA) is 45.6 Å². The first-order valence-corrected chi connectivity index (χ1v) is 11.6. The van der Waals surface area contributed by atoms with E-state index < -0.39 is 0 Å². The van der Waals surface area contributed by atoms with Crippen LogP contribution in [0.15, 0.2) is 70.2 Å². The predicted molar refractivity (Wildman–Crippen MR) is 119 cm³/mol. The van der Waals surface area contributed by atoms with Crippen LogP contribution in [0.5, 0.6) is 0 Å². The number of hydrogen-bond donors (Lipinski definition) is 0. The van der Waals surface area contributed by atoms with E-state index in [0.717, 1.165) is 18.6 Å². The van der Waals surface area contributed by atoms with E-state index in [2.05, 4.69) is 53.0 Å². The van der Waals surface area contributed by atoms with Crippen molar-refractivity contribution in [3.05, 3.63) is 80.4 Å². The van der Waals surface area contributed by atoms with Gasteiger partial charge in [0.05, 0.1) is 11.8 Å². The molecular formula is C23H21N3OS2. The molecule has 0 spiro atoms. The molecule has 0 aromatic carbocycles. The molecule has 0 bridgehead atoms. The first-order chi connectivity index (χ1) is 14.2. The fourth-order valence-electron chi connectivity index (χ4n) is 4.37. The van der Waals surface area contributed by atoms with Gasteiger partial charge in [-0.1, -0.05) is 19.1 Å². The molecule has 1 aliphatic carbocycles. The lowest BCUT2D eigenvalue weighted by Gasteiger charge is -2.31. The van der Waals surface area contributed by atoms with Gasteiger partial charge in [-0.25, -0.2) is 5.01 Å². The van der Waals surface area contributed by atoms with Gasteiger partial charge in [-0.05, 0) is 65.4 Å². The van der Waals surface area contributed by atoms with Crippen LogP contribution in [-0.2, 0) is 0 Å². The maximum absolute atomic E-state index is 13.4. The molecule has 1 amide bonds. The van der Waals surface area contributed by atoms with Crippen LogP contribution in [0.2, 0.25) is 0 Å². The molecule has 5 rings (SSSR count). The highest BCUT2D eigenvalue weighted by Crippen LogP contribution is 2.47. The third-order valence-electron chi connectivity index (χ3n) is 5.59. The number of pyridine rings is 1. The molecule has 4 nitrogen and oxygen atoms in total. The van der Waals surface area contributed by atoms with Gasteiger partial charge in [-0.15, -0.1) is 22.7 Å². The number of hydrogen-bond acceptors (Lipinski definition) is 5. The second-order valence-electron chi connectivity index (χ2n) is 7.67. The summed E-state index contributed by atoms with van der Waals surface area (Å²) in [5.41, 5.74) is 2.97. The number of thiophene rings is 2. The van der Waals surface area contributed by atoms with Crippen molar-refractivity contribution in [1.29, 1.82) is 0 Å². The second kappa shape index (κ2) is 7.69. The molecule has 1 fully saturated rings. The number of aromatic nitrogens is 1. The first-order valence-electron chi connectivity index (χ1n) is 9.80. The van der Waals surface area contributed by atoms with Gasteiger partial charge < -0.3 is 0 Å². The van der Waals surface area contributed by atoms with Crippen molar-refractivity contribution in [2.45, 2.75) is 25.8 Å². The van der Waals surface area contributed by atoms with Crippen LogP contribution in [0.3, 0.4) is 0 Å². The molecule has 6 heteroatoms. The summed E-state index contributed by atoms with van der Waals surface area (Å²) in [6.07, 6.45) is 7.63. The van der Waals surface area contributed by atoms with Crippen LogP contribution in [0, 0.1) is 11.8 Å². The van der Waals surface area contributed by atoms with Crippen molar-refractivity contribution in [3.8, 4) is 0 Å². The number of carbonyl (C=O) groups is 1. The number of fused-ring (bicyclic) bond motifs is 1. The molecule has 2 aliphatic rings. The third kappa shape index (κ3) is 3.47. The van der Waals surface area contributed by atoms with Crippen molar-refractivity contribution < 1.29 is 4.79 Å². The second-order valence-corrected chi connectivity index (χ2v) is 9.63. The van der Waals surface area contributed by atoms with E-state index in [9.17, 15) is 4.79 Å². The highest BCUT2D eigenvalue weighted by Gasteiger charge is 2.45. The van der Waals surface area contributed by atoms with Crippen LogP contribution in [0.4, 0.5) is 0 Å². The summed E-state index contributed by atoms with van der Waals surface area (Å²) < 4.78 is 0. The van der Waals surface area contributed by atoms with E-state index >= 15 is 0 Å². The monoisotopic (exact) mass is 419 g/mol. The molecular weight excluding hydrogens is 398 g/mol. The third-order valence-corrected chi connectivity index (χ3v) is 7.36. The number of amides is 1. The normalized spacial score (nSPS) is 25.1. The van der Waals surface area contributed by atoms with Crippen molar-refractivity contribution in [3.63, 3.8) is 0 Å². The lowest BCUT2D eigenvalue weighted by Crippen LogP contribution is -2.32. The van der Waals surface area contributed by atoms with Crippen molar-refractivity contribution in [1.82, 2.24) is 9.99 Å². The summed E-state index contributed by atoms with van der Waals surface area (Å²) in [7, 11) is 0. The average Bonchev–Trinajstić information content (AvgIpc) is 3.48. The molecule has 0 radical (unpaired) electrons. The Hall–Kier alpha value is -2.57. The number of nitrogens with zero attached hydrogens (tertiary/aromatic N) is 3. The van der Waals surface area contributed by atoms with Crippen molar-refractivity contribution in [2.24, 2.45) is 16.9 Å². The molecule has 3 aromatic rings. The summed E-state index contributed by atoms with van der Waals surface area (Å²) in [5, 5.41) is 10.8. The lowest BCUT2D eigenvalue weighted by atomic mass is 9.74. The molecule has 4 heterocycles. The maximum atomic E-state index is 13.4. The van der Waals surface area contributed by atoms with E-state index in [1.165, 1.54) is 15.3 Å². The molecule has 3 aromatic heterocycles. The first kappa shape index (κ1) is 18.5. The van der Waals surface area contributed by atoms with Crippen molar-refractivity contribution in [2.75, 3.05) is 0 Å². The van der Waals surface area contributed by atoms with E-state index in [0.29, 0.717) is 11.5 Å². The van der Waals surface area contributed by atoms with E-state index in [-0.39, 0.29) is 17.9 Å². The van der Waals surface area contributed by atoms with Crippen molar-refractivity contribution >= 4 is 40.4 Å². The SMILES string of the molecule is C[C@@H]1C/C(=C\c2cccs2)C2=NN(C(=O)c3ccncc3)[C@H](c3cccs3)[C@H]2C1. The highest BCUT2D eigenvalue weighted by atomic mass is 32.1. The summed E-state index contributed by atoms with van der Waals surface area (Å²) >= 11 is 3.44. The van der Waals surface area contributed by atoms with E-state index in [1.54, 1.807) is 52.2 Å². The molecule has 0 N–H and O–H groups in total. The fourth-order valence-corrected chi connectivity index (χ4v) is 5.92. The summed E-state index contributed by atoms with van der Waals surface area (Å²) in [4.78, 5) is 19.9. The van der Waals surface area contributed by atoms with Crippen LogP contribution in [0.25, 0.3) is 6.08 Å². The zero-order valence-electron chi connectivity index (χ0n) is 16.1. The molecule has 146 valence electrons. The summed E-state index contributed by atoms with van der Waals surface area (Å²) in [6.45, 7) is 2.30. The Balaban J connectivity index is 1.59. The standard InChI is InChI=1S/C23H21N3OS2/c1-15-12-17(14-18-4-2-10-28-18)21-19(13-15)22(20-5-3-11-29-20)26(25-21)23(27)16-6-8-24-9-7-16/h2-11,14-15,19,22H,12-13H2,1H3/b17-14+/t15-,19+,22+/m1/s1. The van der Waals surface area contributed by atoms with Gasteiger partial charge in [-0.2, -0.15) is 5.10 Å². The predicted octanol–water partition coefficient (Wildman–Crippen LogP) is 5.89. The Morgan fingerprint density at radius 3 is 2.66 bits per heavy atom. The van der Waals surface area contributed by atoms with Crippen LogP contribution in [0.1, 0.15) is 45.9 Å². The van der Waals surface area contributed by atoms with E-state index in [1.807, 2.05) is 0 Å². The van der Waals surface area contributed by atoms with Crippen LogP contribution in [-0.4, -0.2) is 21.6 Å². The summed E-state index contributed by atoms with van der Waals surface area (Å²) in [5.74, 6) is 0.730. The summed E-state index contributed by atoms with van der Waals surface area (Å²) in [6, 6.07) is 11.9. The van der Waals surface area contributed by atoms with Crippen LogP contribution < -0.4 is 0 Å². The Morgan fingerprint density at radius 1 is 1.14 bits per heavy atom. The average molecular weight is 420 g/mol. The largest absolute Gasteiger partial charge is 0.274 e. The van der Waals surface area contributed by atoms with Gasteiger partial charge in [0.2, 0.25) is 0 Å². The Bertz CT molecular complexity index is 1060. The van der Waals surface area contributed by atoms with Gasteiger partial charge in [-0.3, -0.25) is 9.78 Å².